The number of halogens is 1. The Morgan fingerprint density at radius 2 is 1.50 bits per heavy atom. The van der Waals surface area contributed by atoms with Gasteiger partial charge in [-0.25, -0.2) is 0 Å². The van der Waals surface area contributed by atoms with Gasteiger partial charge < -0.3 is 0 Å². The predicted molar refractivity (Wildman–Crippen MR) is 95.0 cm³/mol. The van der Waals surface area contributed by atoms with Crippen LogP contribution in [0.3, 0.4) is 0 Å². The molecule has 0 nitrogen and oxygen atoms in total. The van der Waals surface area contributed by atoms with Crippen LogP contribution in [0, 0.1) is 41.4 Å². The van der Waals surface area contributed by atoms with Gasteiger partial charge in [0.05, 0.1) is 0 Å². The summed E-state index contributed by atoms with van der Waals surface area (Å²) in [7, 11) is 0. The molecule has 0 aromatic rings. The number of hydrogen-bond acceptors (Lipinski definition) is 0. The fourth-order valence-electron chi connectivity index (χ4n) is 6.02. The Balaban J connectivity index is 1.28. The highest BCUT2D eigenvalue weighted by atomic mass is 35.5. The fourth-order valence-corrected chi connectivity index (χ4v) is 6.17. The quantitative estimate of drug-likeness (QED) is 0.368. The number of hydrogen-bond donors (Lipinski definition) is 0. The molecule has 0 amide bonds. The molecule has 0 aromatic carbocycles. The molecule has 122 valence electrons. The minimum Gasteiger partial charge on any atom is -0.127 e. The lowest BCUT2D eigenvalue weighted by atomic mass is 9.79. The van der Waals surface area contributed by atoms with E-state index in [1.807, 2.05) is 0 Å². The molecule has 4 aliphatic rings. The zero-order valence-electron chi connectivity index (χ0n) is 13.8. The van der Waals surface area contributed by atoms with Crippen molar-refractivity contribution in [3.63, 3.8) is 0 Å². The van der Waals surface area contributed by atoms with Crippen molar-refractivity contribution in [2.24, 2.45) is 41.4 Å². The van der Waals surface area contributed by atoms with E-state index in [1.165, 1.54) is 57.8 Å². The second kappa shape index (κ2) is 6.71. The summed E-state index contributed by atoms with van der Waals surface area (Å²) in [5.74, 6) is 7.52. The summed E-state index contributed by atoms with van der Waals surface area (Å²) in [6.07, 6.45) is 22.9. The van der Waals surface area contributed by atoms with Gasteiger partial charge in [0.1, 0.15) is 0 Å². The zero-order valence-corrected chi connectivity index (χ0v) is 14.6. The standard InChI is InChI=1S/C21H31Cl/c22-9-1-2-15(10-21-14-17-5-8-20(21)13-17)3-6-18-11-16-4-7-19(18)12-16/h4-5,7-8,15-21H,1-3,6,9-14H2. The van der Waals surface area contributed by atoms with Crippen molar-refractivity contribution in [2.45, 2.75) is 57.8 Å². The van der Waals surface area contributed by atoms with E-state index in [-0.39, 0.29) is 0 Å². The molecule has 0 aliphatic heterocycles. The third-order valence-corrected chi connectivity index (χ3v) is 7.43. The van der Waals surface area contributed by atoms with E-state index in [2.05, 4.69) is 24.3 Å². The Labute approximate surface area is 141 Å². The minimum atomic E-state index is 0.851. The lowest BCUT2D eigenvalue weighted by Gasteiger charge is -2.27. The molecule has 0 saturated heterocycles. The highest BCUT2D eigenvalue weighted by molar-refractivity contribution is 6.17. The first-order valence-electron chi connectivity index (χ1n) is 9.74. The molecule has 7 atom stereocenters. The van der Waals surface area contributed by atoms with Crippen molar-refractivity contribution in [2.75, 3.05) is 5.88 Å². The Morgan fingerprint density at radius 1 is 0.818 bits per heavy atom. The topological polar surface area (TPSA) is 0 Å². The summed E-state index contributed by atoms with van der Waals surface area (Å²) in [6.45, 7) is 0. The van der Waals surface area contributed by atoms with Crippen LogP contribution in [0.15, 0.2) is 24.3 Å². The van der Waals surface area contributed by atoms with Gasteiger partial charge in [-0.1, -0.05) is 30.7 Å². The van der Waals surface area contributed by atoms with Crippen molar-refractivity contribution < 1.29 is 0 Å². The lowest BCUT2D eigenvalue weighted by molar-refractivity contribution is 0.273. The van der Waals surface area contributed by atoms with Crippen molar-refractivity contribution >= 4 is 11.6 Å². The molecular formula is C21H31Cl. The van der Waals surface area contributed by atoms with Crippen LogP contribution in [-0.2, 0) is 0 Å². The summed E-state index contributed by atoms with van der Waals surface area (Å²) >= 11 is 5.98. The Kier molecular flexibility index (Phi) is 4.67. The Bertz CT molecular complexity index is 437. The van der Waals surface area contributed by atoms with Crippen molar-refractivity contribution in [3.8, 4) is 0 Å². The SMILES string of the molecule is ClCCCC(CCC1CC2C=CC1C2)CC1CC2C=CC1C2. The first kappa shape index (κ1) is 15.3. The van der Waals surface area contributed by atoms with E-state index in [4.69, 9.17) is 11.6 Å². The summed E-state index contributed by atoms with van der Waals surface area (Å²) in [4.78, 5) is 0. The molecule has 2 fully saturated rings. The molecule has 0 aromatic heterocycles. The lowest BCUT2D eigenvalue weighted by Crippen LogP contribution is -2.16. The monoisotopic (exact) mass is 318 g/mol. The van der Waals surface area contributed by atoms with Gasteiger partial charge >= 0.3 is 0 Å². The van der Waals surface area contributed by atoms with Crippen LogP contribution >= 0.6 is 11.6 Å². The number of allylic oxidation sites excluding steroid dienone is 4. The zero-order chi connectivity index (χ0) is 14.9. The van der Waals surface area contributed by atoms with Crippen LogP contribution in [0.2, 0.25) is 0 Å². The van der Waals surface area contributed by atoms with E-state index < -0.39 is 0 Å². The summed E-state index contributed by atoms with van der Waals surface area (Å²) in [6, 6.07) is 0. The smallest absolute Gasteiger partial charge is 0.0223 e. The molecule has 4 rings (SSSR count). The molecule has 1 heteroatoms. The first-order chi connectivity index (χ1) is 10.8. The minimum absolute atomic E-state index is 0.851. The van der Waals surface area contributed by atoms with Crippen LogP contribution in [0.4, 0.5) is 0 Å². The normalized spacial score (nSPS) is 42.6. The first-order valence-corrected chi connectivity index (χ1v) is 10.3. The molecule has 0 radical (unpaired) electrons. The predicted octanol–water partition coefficient (Wildman–Crippen LogP) is 6.22. The molecule has 4 bridgehead atoms. The van der Waals surface area contributed by atoms with Crippen LogP contribution in [0.5, 0.6) is 0 Å². The second-order valence-electron chi connectivity index (χ2n) is 8.59. The second-order valence-corrected chi connectivity index (χ2v) is 8.97. The average Bonchev–Trinajstić information content (AvgIpc) is 3.30. The molecule has 0 heterocycles. The third kappa shape index (κ3) is 3.18. The summed E-state index contributed by atoms with van der Waals surface area (Å²) < 4.78 is 0. The van der Waals surface area contributed by atoms with Gasteiger partial charge in [0.15, 0.2) is 0 Å². The van der Waals surface area contributed by atoms with Gasteiger partial charge in [0.25, 0.3) is 0 Å². The van der Waals surface area contributed by atoms with Gasteiger partial charge in [-0.15, -0.1) is 11.6 Å². The van der Waals surface area contributed by atoms with Crippen molar-refractivity contribution in [1.82, 2.24) is 0 Å². The van der Waals surface area contributed by atoms with Crippen LogP contribution in [0.25, 0.3) is 0 Å². The number of alkyl halides is 1. The third-order valence-electron chi connectivity index (χ3n) is 7.16. The summed E-state index contributed by atoms with van der Waals surface area (Å²) in [5.41, 5.74) is 0. The van der Waals surface area contributed by atoms with Gasteiger partial charge in [-0.05, 0) is 92.8 Å². The highest BCUT2D eigenvalue weighted by Gasteiger charge is 2.38. The van der Waals surface area contributed by atoms with Gasteiger partial charge in [-0.3, -0.25) is 0 Å². The molecule has 4 aliphatic carbocycles. The van der Waals surface area contributed by atoms with E-state index in [1.54, 1.807) is 0 Å². The van der Waals surface area contributed by atoms with Crippen molar-refractivity contribution in [1.29, 1.82) is 0 Å². The Morgan fingerprint density at radius 3 is 2.05 bits per heavy atom. The van der Waals surface area contributed by atoms with Crippen molar-refractivity contribution in [3.05, 3.63) is 24.3 Å². The number of rotatable bonds is 8. The van der Waals surface area contributed by atoms with Gasteiger partial charge in [0.2, 0.25) is 0 Å². The number of fused-ring (bicyclic) bond motifs is 4. The van der Waals surface area contributed by atoms with E-state index in [0.717, 1.165) is 47.3 Å². The van der Waals surface area contributed by atoms with Crippen LogP contribution in [-0.4, -0.2) is 5.88 Å². The maximum atomic E-state index is 5.98. The molecule has 2 saturated carbocycles. The molecule has 7 unspecified atom stereocenters. The fraction of sp³-hybridized carbons (Fsp3) is 0.810. The van der Waals surface area contributed by atoms with Crippen LogP contribution < -0.4 is 0 Å². The average molecular weight is 319 g/mol. The van der Waals surface area contributed by atoms with E-state index >= 15 is 0 Å². The highest BCUT2D eigenvalue weighted by Crippen LogP contribution is 2.49. The Hall–Kier alpha value is -0.230. The maximum absolute atomic E-state index is 5.98. The van der Waals surface area contributed by atoms with Crippen LogP contribution in [0.1, 0.15) is 57.8 Å². The van der Waals surface area contributed by atoms with E-state index in [0.29, 0.717) is 0 Å². The largest absolute Gasteiger partial charge is 0.127 e. The van der Waals surface area contributed by atoms with E-state index in [9.17, 15) is 0 Å². The molecule has 0 spiro atoms. The van der Waals surface area contributed by atoms with Gasteiger partial charge in [-0.2, -0.15) is 0 Å². The molecule has 0 N–H and O–H groups in total. The maximum Gasteiger partial charge on any atom is 0.0223 e. The molecular weight excluding hydrogens is 288 g/mol. The van der Waals surface area contributed by atoms with Gasteiger partial charge in [0, 0.05) is 5.88 Å². The molecule has 22 heavy (non-hydrogen) atoms. The summed E-state index contributed by atoms with van der Waals surface area (Å²) in [5, 5.41) is 0.